The summed E-state index contributed by atoms with van der Waals surface area (Å²) in [6.45, 7) is 3.02. The van der Waals surface area contributed by atoms with Gasteiger partial charge in [0.1, 0.15) is 11.5 Å². The van der Waals surface area contributed by atoms with Crippen molar-refractivity contribution in [2.24, 2.45) is 0 Å². The molecule has 2 aromatic heterocycles. The molecule has 2 N–H and O–H groups in total. The lowest BCUT2D eigenvalue weighted by Crippen LogP contribution is -2.35. The van der Waals surface area contributed by atoms with E-state index in [0.717, 1.165) is 0 Å². The van der Waals surface area contributed by atoms with Crippen molar-refractivity contribution >= 4 is 12.2 Å². The Morgan fingerprint density at radius 1 is 0.446 bits per heavy atom. The number of rotatable bonds is 6. The van der Waals surface area contributed by atoms with E-state index in [4.69, 9.17) is 18.3 Å². The summed E-state index contributed by atoms with van der Waals surface area (Å²) in [5.41, 5.74) is 84.1. The zero-order chi connectivity index (χ0) is 39.8. The van der Waals surface area contributed by atoms with Gasteiger partial charge in [0.25, 0.3) is 0 Å². The summed E-state index contributed by atoms with van der Waals surface area (Å²) in [6, 6.07) is 6.51. The average molecular weight is 715 g/mol. The van der Waals surface area contributed by atoms with Crippen LogP contribution < -0.4 is 10.6 Å². The molecule has 0 bridgehead atoms. The lowest BCUT2D eigenvalue weighted by molar-refractivity contribution is 0.128. The van der Waals surface area contributed by atoms with Crippen LogP contribution in [-0.4, -0.2) is 12.2 Å². The normalized spacial score (nSPS) is 6.29. The molecular formula is C48H14N2O6. The number of nitrogens with one attached hydrogen (secondary N) is 2. The second-order valence-corrected chi connectivity index (χ2v) is 8.24. The van der Waals surface area contributed by atoms with E-state index in [0.29, 0.717) is 11.5 Å². The van der Waals surface area contributed by atoms with Gasteiger partial charge >= 0.3 is 12.2 Å². The molecule has 0 radical (unpaired) electrons. The zero-order valence-corrected chi connectivity index (χ0v) is 28.5. The number of ether oxygens (including phenoxy) is 2. The van der Waals surface area contributed by atoms with Gasteiger partial charge < -0.3 is 18.3 Å². The van der Waals surface area contributed by atoms with Crippen LogP contribution >= 0.6 is 0 Å². The molecule has 2 amide bonds. The molecule has 0 aliphatic carbocycles. The molecule has 8 heteroatoms. The van der Waals surface area contributed by atoms with Gasteiger partial charge in [-0.1, -0.05) is 5.73 Å². The summed E-state index contributed by atoms with van der Waals surface area (Å²) < 4.78 is 20.2. The van der Waals surface area contributed by atoms with E-state index >= 15 is 0 Å². The maximum Gasteiger partial charge on any atom is 0.413 e. The third kappa shape index (κ3) is 24.5. The number of carbonyl (C=O) groups excluding carboxylic acids is 2. The smallest absolute Gasteiger partial charge is 0.413 e. The molecule has 2 heterocycles. The maximum absolute atomic E-state index is 12.2. The second kappa shape index (κ2) is 30.4. The third-order valence-corrected chi connectivity index (χ3v) is 4.52. The van der Waals surface area contributed by atoms with Crippen molar-refractivity contribution in [3.8, 4) is 0 Å². The van der Waals surface area contributed by atoms with Gasteiger partial charge in [-0.25, -0.2) is 9.59 Å². The number of carbonyl (C=O) groups is 2. The van der Waals surface area contributed by atoms with Gasteiger partial charge in [-0.05, 0) is 128 Å². The fourth-order valence-electron chi connectivity index (χ4n) is 2.51. The van der Waals surface area contributed by atoms with Crippen molar-refractivity contribution in [2.75, 3.05) is 0 Å². The van der Waals surface area contributed by atoms with E-state index in [-0.39, 0.29) is 19.0 Å². The van der Waals surface area contributed by atoms with E-state index in [1.807, 2.05) is 0 Å². The lowest BCUT2D eigenvalue weighted by Gasteiger charge is -2.09. The molecule has 2 aromatic rings. The van der Waals surface area contributed by atoms with Gasteiger partial charge in [-0.2, -0.15) is 0 Å². The van der Waals surface area contributed by atoms with E-state index < -0.39 is 12.2 Å². The van der Waals surface area contributed by atoms with Crippen molar-refractivity contribution < 1.29 is 27.9 Å². The van der Waals surface area contributed by atoms with Crippen molar-refractivity contribution in [3.63, 3.8) is 0 Å². The molecule has 0 saturated carbocycles. The van der Waals surface area contributed by atoms with Gasteiger partial charge in [0.15, 0.2) is 19.0 Å². The topological polar surface area (TPSA) is 103 Å². The minimum Gasteiger partial charge on any atom is -0.466 e. The van der Waals surface area contributed by atoms with E-state index in [1.54, 1.807) is 24.3 Å². The average Bonchev–Trinajstić information content (AvgIpc) is 3.93. The van der Waals surface area contributed by atoms with Crippen LogP contribution in [0, 0.1) is 0 Å². The Morgan fingerprint density at radius 3 is 0.964 bits per heavy atom. The van der Waals surface area contributed by atoms with Crippen molar-refractivity contribution in [1.82, 2.24) is 10.6 Å². The van der Waals surface area contributed by atoms with Gasteiger partial charge in [0.05, 0.1) is 12.5 Å². The number of alkyl carbamates (subject to hydrolysis) is 2. The van der Waals surface area contributed by atoms with Crippen LogP contribution in [0.2, 0.25) is 0 Å². The van der Waals surface area contributed by atoms with Gasteiger partial charge in [-0.3, -0.25) is 10.6 Å². The molecule has 0 aliphatic rings. The maximum atomic E-state index is 12.2. The van der Waals surface area contributed by atoms with Gasteiger partial charge in [-0.15, -0.1) is 0 Å². The molecule has 0 atom stereocenters. The highest BCUT2D eigenvalue weighted by Gasteiger charge is 2.11. The Hall–Kier alpha value is -10.6. The molecule has 8 nitrogen and oxygen atoms in total. The van der Waals surface area contributed by atoms with Gasteiger partial charge in [0, 0.05) is 91.7 Å². The first-order valence-electron chi connectivity index (χ1n) is 14.7. The quantitative estimate of drug-likeness (QED) is 0.297. The molecule has 0 spiro atoms. The van der Waals surface area contributed by atoms with E-state index in [9.17, 15) is 9.59 Å². The standard InChI is InChI=1S/C48H14N2O6/c1-2-3-4-5-6-7-8-9-10-11-12-13-14-15-16-17-18-19-20-21-22-23-24-25-26-27-28-29-30-31-32-33-34-39-46(49-47(51)55-42-44-37-35-40-53-44)50-48(52)56-43-45-38-36-41-54-45/h35-38,40-41H,1,42-43H2,(H,49,51)(H,50,52). The Morgan fingerprint density at radius 2 is 0.714 bits per heavy atom. The third-order valence-electron chi connectivity index (χ3n) is 4.52. The fraction of sp³-hybridized carbons (Fsp3) is 0.0417. The molecule has 0 aromatic carbocycles. The highest BCUT2D eigenvalue weighted by Crippen LogP contribution is 2.03. The summed E-state index contributed by atoms with van der Waals surface area (Å²) in [7, 11) is 0. The SMILES string of the molecule is C=C=C=C=C=C=C=C=C=C=C=C=C=C=C=C=C=C=C=C=C=C=C=C=C=C=C=C=C=C=C=C=C=C=C=C(NC(=O)OCc1ccco1)NC(=O)OCc1ccco1. The van der Waals surface area contributed by atoms with E-state index in [2.05, 4.69) is 212 Å². The summed E-state index contributed by atoms with van der Waals surface area (Å²) >= 11 is 0. The van der Waals surface area contributed by atoms with Crippen molar-refractivity contribution in [3.05, 3.63) is 256 Å². The molecule has 0 unspecified atom stereocenters. The molecule has 2 rings (SSSR count). The molecule has 0 saturated heterocycles. The molecular weight excluding hydrogens is 701 g/mol. The number of furan rings is 2. The Kier molecular flexibility index (Phi) is 22.6. The van der Waals surface area contributed by atoms with Crippen LogP contribution in [0.3, 0.4) is 0 Å². The number of hydrogen-bond acceptors (Lipinski definition) is 6. The van der Waals surface area contributed by atoms with Crippen LogP contribution in [0.25, 0.3) is 0 Å². The Bertz CT molecular complexity index is 3190. The molecule has 56 heavy (non-hydrogen) atoms. The van der Waals surface area contributed by atoms with Gasteiger partial charge in [0.2, 0.25) is 0 Å². The second-order valence-electron chi connectivity index (χ2n) is 8.24. The summed E-state index contributed by atoms with van der Waals surface area (Å²) in [6.07, 6.45) is 1.03. The molecule has 0 fully saturated rings. The Labute approximate surface area is 318 Å². The highest BCUT2D eigenvalue weighted by atomic mass is 16.6. The summed E-state index contributed by atoms with van der Waals surface area (Å²) in [4.78, 5) is 24.3. The zero-order valence-electron chi connectivity index (χ0n) is 28.5. The largest absolute Gasteiger partial charge is 0.466 e. The predicted octanol–water partition coefficient (Wildman–Crippen LogP) is 7.77. The molecule has 0 aliphatic heterocycles. The van der Waals surface area contributed by atoms with E-state index in [1.165, 1.54) is 12.5 Å². The van der Waals surface area contributed by atoms with Crippen molar-refractivity contribution in [2.45, 2.75) is 13.2 Å². The molecule has 252 valence electrons. The van der Waals surface area contributed by atoms with Crippen LogP contribution in [-0.2, 0) is 22.7 Å². The highest BCUT2D eigenvalue weighted by molar-refractivity contribution is 5.73. The number of amides is 2. The predicted molar refractivity (Wildman–Crippen MR) is 193 cm³/mol. The minimum absolute atomic E-state index is 0.148. The first-order chi connectivity index (χ1) is 27.7. The fourth-order valence-corrected chi connectivity index (χ4v) is 2.51. The monoisotopic (exact) mass is 714 g/mol. The minimum atomic E-state index is -0.916. The van der Waals surface area contributed by atoms with Crippen molar-refractivity contribution in [1.29, 1.82) is 0 Å². The first-order valence-corrected chi connectivity index (χ1v) is 14.7. The van der Waals surface area contributed by atoms with Crippen LogP contribution in [0.5, 0.6) is 0 Å². The first kappa shape index (κ1) is 41.5. The summed E-state index contributed by atoms with van der Waals surface area (Å²) in [5, 5.41) is 4.58. The lowest BCUT2D eigenvalue weighted by atomic mass is 10.5. The van der Waals surface area contributed by atoms with Crippen LogP contribution in [0.15, 0.2) is 253 Å². The summed E-state index contributed by atoms with van der Waals surface area (Å²) in [5.74, 6) is 0.566. The Balaban J connectivity index is 2.24. The number of hydrogen-bond donors (Lipinski definition) is 2. The van der Waals surface area contributed by atoms with Crippen LogP contribution in [0.1, 0.15) is 11.5 Å². The van der Waals surface area contributed by atoms with Crippen LogP contribution in [0.4, 0.5) is 9.59 Å².